The van der Waals surface area contributed by atoms with Crippen LogP contribution in [0.5, 0.6) is 0 Å². The fourth-order valence-corrected chi connectivity index (χ4v) is 4.36. The molecule has 1 saturated heterocycles. The Bertz CT molecular complexity index is 847. The molecule has 1 N–H and O–H groups in total. The topological polar surface area (TPSA) is 95.3 Å². The quantitative estimate of drug-likeness (QED) is 0.889. The smallest absolute Gasteiger partial charge is 0.276 e. The van der Waals surface area contributed by atoms with E-state index in [-0.39, 0.29) is 11.8 Å². The Morgan fingerprint density at radius 2 is 2.04 bits per heavy atom. The van der Waals surface area contributed by atoms with Gasteiger partial charge in [0.05, 0.1) is 17.6 Å². The molecule has 2 aliphatic rings. The van der Waals surface area contributed by atoms with Crippen LogP contribution >= 0.6 is 0 Å². The second kappa shape index (κ2) is 6.83. The average molecular weight is 371 g/mol. The van der Waals surface area contributed by atoms with Crippen molar-refractivity contribution in [3.05, 3.63) is 35.2 Å². The van der Waals surface area contributed by atoms with Crippen molar-refractivity contribution in [3.8, 4) is 0 Å². The maximum atomic E-state index is 12.8. The molecule has 0 saturated carbocycles. The summed E-state index contributed by atoms with van der Waals surface area (Å²) in [5.41, 5.74) is 2.01. The number of fused-ring (bicyclic) bond motifs is 2. The lowest BCUT2D eigenvalue weighted by Gasteiger charge is -2.50. The number of aromatic nitrogens is 3. The lowest BCUT2D eigenvalue weighted by atomic mass is 9.78. The second-order valence-electron chi connectivity index (χ2n) is 7.23. The molecule has 0 aromatic carbocycles. The van der Waals surface area contributed by atoms with E-state index in [0.29, 0.717) is 56.8 Å². The molecule has 27 heavy (non-hydrogen) atoms. The predicted molar refractivity (Wildman–Crippen MR) is 97.0 cm³/mol. The number of H-pyrrole nitrogens is 1. The van der Waals surface area contributed by atoms with Gasteiger partial charge in [-0.25, -0.2) is 4.98 Å². The van der Waals surface area contributed by atoms with Crippen molar-refractivity contribution < 1.29 is 14.1 Å². The van der Waals surface area contributed by atoms with Crippen LogP contribution in [0.25, 0.3) is 0 Å². The molecule has 8 heteroatoms. The number of nitrogens with zero attached hydrogens (tertiary/aromatic N) is 4. The number of rotatable bonds is 3. The lowest BCUT2D eigenvalue weighted by molar-refractivity contribution is -0.141. The maximum absolute atomic E-state index is 12.8. The molecule has 144 valence electrons. The SMILES string of the molecule is CCC(=O)N1CCc2[nH]cnc2C12CCN(C(=O)c1cc(CC)on1)CC2. The summed E-state index contributed by atoms with van der Waals surface area (Å²) in [6.45, 7) is 5.67. The molecule has 1 fully saturated rings. The molecule has 8 nitrogen and oxygen atoms in total. The molecule has 0 aliphatic carbocycles. The van der Waals surface area contributed by atoms with Gasteiger partial charge in [-0.3, -0.25) is 9.59 Å². The molecular formula is C19H25N5O3. The van der Waals surface area contributed by atoms with E-state index >= 15 is 0 Å². The van der Waals surface area contributed by atoms with E-state index in [1.54, 1.807) is 17.3 Å². The zero-order valence-electron chi connectivity index (χ0n) is 15.8. The molecule has 0 bridgehead atoms. The number of carbonyl (C=O) groups is 2. The number of likely N-dealkylation sites (tertiary alicyclic amines) is 1. The Hall–Kier alpha value is -2.64. The summed E-state index contributed by atoms with van der Waals surface area (Å²) in [5.74, 6) is 0.743. The summed E-state index contributed by atoms with van der Waals surface area (Å²) >= 11 is 0. The molecule has 2 aliphatic heterocycles. The Labute approximate surface area is 157 Å². The van der Waals surface area contributed by atoms with Crippen molar-refractivity contribution in [3.63, 3.8) is 0 Å². The normalized spacial score (nSPS) is 18.6. The zero-order chi connectivity index (χ0) is 19.0. The van der Waals surface area contributed by atoms with Gasteiger partial charge in [-0.15, -0.1) is 0 Å². The van der Waals surface area contributed by atoms with Crippen molar-refractivity contribution in [1.82, 2.24) is 24.9 Å². The summed E-state index contributed by atoms with van der Waals surface area (Å²) in [7, 11) is 0. The highest BCUT2D eigenvalue weighted by Gasteiger charge is 2.48. The van der Waals surface area contributed by atoms with Crippen LogP contribution in [0.1, 0.15) is 60.7 Å². The van der Waals surface area contributed by atoms with Gasteiger partial charge in [0.1, 0.15) is 5.76 Å². The third-order valence-corrected chi connectivity index (χ3v) is 5.87. The number of piperidine rings is 1. The summed E-state index contributed by atoms with van der Waals surface area (Å²) in [5, 5.41) is 3.90. The molecule has 4 rings (SSSR count). The van der Waals surface area contributed by atoms with Gasteiger partial charge in [-0.2, -0.15) is 0 Å². The summed E-state index contributed by atoms with van der Waals surface area (Å²) in [4.78, 5) is 37.0. The first-order chi connectivity index (χ1) is 13.1. The molecule has 2 aromatic rings. The number of nitrogens with one attached hydrogen (secondary N) is 1. The van der Waals surface area contributed by atoms with Crippen LogP contribution in [-0.4, -0.2) is 56.4 Å². The van der Waals surface area contributed by atoms with Crippen LogP contribution in [0.15, 0.2) is 16.9 Å². The Balaban J connectivity index is 1.57. The Kier molecular flexibility index (Phi) is 4.49. The fraction of sp³-hybridized carbons (Fsp3) is 0.579. The third kappa shape index (κ3) is 2.83. The van der Waals surface area contributed by atoms with Gasteiger partial charge in [0.15, 0.2) is 5.69 Å². The number of carbonyl (C=O) groups excluding carboxylic acids is 2. The van der Waals surface area contributed by atoms with Crippen LogP contribution in [0.3, 0.4) is 0 Å². The van der Waals surface area contributed by atoms with E-state index in [4.69, 9.17) is 4.52 Å². The minimum atomic E-state index is -0.421. The summed E-state index contributed by atoms with van der Waals surface area (Å²) in [6.07, 6.45) is 5.06. The molecule has 0 atom stereocenters. The standard InChI is InChI=1S/C19H25N5O3/c1-3-13-11-15(22-27-13)18(26)23-9-6-19(7-10-23)17-14(20-12-21-17)5-8-24(19)16(25)4-2/h11-12H,3-10H2,1-2H3,(H,20,21). The fourth-order valence-electron chi connectivity index (χ4n) is 4.36. The first-order valence-electron chi connectivity index (χ1n) is 9.67. The number of amides is 2. The van der Waals surface area contributed by atoms with Crippen LogP contribution in [0.2, 0.25) is 0 Å². The van der Waals surface area contributed by atoms with E-state index in [1.165, 1.54) is 0 Å². The van der Waals surface area contributed by atoms with Crippen molar-refractivity contribution >= 4 is 11.8 Å². The highest BCUT2D eigenvalue weighted by Crippen LogP contribution is 2.42. The van der Waals surface area contributed by atoms with Gasteiger partial charge in [-0.1, -0.05) is 19.0 Å². The first kappa shape index (κ1) is 17.8. The average Bonchev–Trinajstić information content (AvgIpc) is 3.37. The van der Waals surface area contributed by atoms with Gasteiger partial charge < -0.3 is 19.3 Å². The predicted octanol–water partition coefficient (Wildman–Crippen LogP) is 1.89. The largest absolute Gasteiger partial charge is 0.361 e. The molecule has 0 unspecified atom stereocenters. The van der Waals surface area contributed by atoms with Gasteiger partial charge in [0.2, 0.25) is 5.91 Å². The lowest BCUT2D eigenvalue weighted by Crippen LogP contribution is -2.58. The van der Waals surface area contributed by atoms with Gasteiger partial charge in [0, 0.05) is 50.7 Å². The summed E-state index contributed by atoms with van der Waals surface area (Å²) in [6, 6.07) is 1.71. The van der Waals surface area contributed by atoms with Crippen LogP contribution in [0, 0.1) is 0 Å². The van der Waals surface area contributed by atoms with Gasteiger partial charge in [0.25, 0.3) is 5.91 Å². The van der Waals surface area contributed by atoms with Crippen molar-refractivity contribution in [2.24, 2.45) is 0 Å². The van der Waals surface area contributed by atoms with Crippen molar-refractivity contribution in [2.45, 2.75) is 51.5 Å². The van der Waals surface area contributed by atoms with E-state index in [0.717, 1.165) is 17.8 Å². The minimum Gasteiger partial charge on any atom is -0.361 e. The van der Waals surface area contributed by atoms with Crippen LogP contribution < -0.4 is 0 Å². The van der Waals surface area contributed by atoms with Gasteiger partial charge >= 0.3 is 0 Å². The Morgan fingerprint density at radius 1 is 1.26 bits per heavy atom. The van der Waals surface area contributed by atoms with Crippen molar-refractivity contribution in [2.75, 3.05) is 19.6 Å². The number of hydrogen-bond donors (Lipinski definition) is 1. The molecule has 0 radical (unpaired) electrons. The number of aryl methyl sites for hydroxylation is 1. The van der Waals surface area contributed by atoms with Crippen LogP contribution in [0.4, 0.5) is 0 Å². The van der Waals surface area contributed by atoms with Crippen LogP contribution in [-0.2, 0) is 23.2 Å². The Morgan fingerprint density at radius 3 is 2.70 bits per heavy atom. The van der Waals surface area contributed by atoms with E-state index in [1.807, 2.05) is 18.7 Å². The second-order valence-corrected chi connectivity index (χ2v) is 7.23. The van der Waals surface area contributed by atoms with Crippen molar-refractivity contribution in [1.29, 1.82) is 0 Å². The van der Waals surface area contributed by atoms with E-state index < -0.39 is 5.54 Å². The monoisotopic (exact) mass is 371 g/mol. The number of hydrogen-bond acceptors (Lipinski definition) is 5. The highest BCUT2D eigenvalue weighted by molar-refractivity contribution is 5.92. The van der Waals surface area contributed by atoms with E-state index in [2.05, 4.69) is 15.1 Å². The molecule has 1 spiro atoms. The highest BCUT2D eigenvalue weighted by atomic mass is 16.5. The van der Waals surface area contributed by atoms with E-state index in [9.17, 15) is 9.59 Å². The maximum Gasteiger partial charge on any atom is 0.276 e. The number of imidazole rings is 1. The summed E-state index contributed by atoms with van der Waals surface area (Å²) < 4.78 is 5.17. The third-order valence-electron chi connectivity index (χ3n) is 5.87. The molecular weight excluding hydrogens is 346 g/mol. The number of aromatic amines is 1. The minimum absolute atomic E-state index is 0.111. The molecule has 4 heterocycles. The zero-order valence-corrected chi connectivity index (χ0v) is 15.8. The molecule has 2 aromatic heterocycles. The first-order valence-corrected chi connectivity index (χ1v) is 9.67. The molecule has 2 amide bonds. The van der Waals surface area contributed by atoms with Gasteiger partial charge in [-0.05, 0) is 12.8 Å².